The van der Waals surface area contributed by atoms with Crippen LogP contribution in [-0.4, -0.2) is 41.6 Å². The zero-order valence-electron chi connectivity index (χ0n) is 15.5. The number of aromatic nitrogens is 2. The van der Waals surface area contributed by atoms with E-state index in [-0.39, 0.29) is 29.6 Å². The Hall–Kier alpha value is -3.16. The number of pyridine rings is 2. The van der Waals surface area contributed by atoms with Gasteiger partial charge in [0, 0.05) is 31.5 Å². The van der Waals surface area contributed by atoms with Crippen molar-refractivity contribution in [3.63, 3.8) is 0 Å². The maximum absolute atomic E-state index is 12.7. The van der Waals surface area contributed by atoms with E-state index in [0.29, 0.717) is 17.4 Å². The van der Waals surface area contributed by atoms with Gasteiger partial charge in [0.2, 0.25) is 0 Å². The fourth-order valence-corrected chi connectivity index (χ4v) is 2.79. The SMILES string of the molecule is CNC(=O)c1cc(C(=O)N[C@H]2C[C@@H]2C)cn(Cc2cc(OC)ccn2)c1=O. The molecule has 0 bridgehead atoms. The molecule has 3 rings (SSSR count). The van der Waals surface area contributed by atoms with Crippen LogP contribution in [0.25, 0.3) is 0 Å². The average molecular weight is 370 g/mol. The van der Waals surface area contributed by atoms with E-state index in [9.17, 15) is 14.4 Å². The van der Waals surface area contributed by atoms with Gasteiger partial charge in [0.25, 0.3) is 17.4 Å². The van der Waals surface area contributed by atoms with Gasteiger partial charge in [-0.25, -0.2) is 0 Å². The molecule has 2 aromatic heterocycles. The lowest BCUT2D eigenvalue weighted by atomic mass is 10.1. The molecule has 2 aromatic rings. The number of methoxy groups -OCH3 is 1. The van der Waals surface area contributed by atoms with Crippen LogP contribution in [0.4, 0.5) is 0 Å². The van der Waals surface area contributed by atoms with Gasteiger partial charge in [0.05, 0.1) is 24.9 Å². The Bertz CT molecular complexity index is 938. The first-order valence-electron chi connectivity index (χ1n) is 8.69. The molecule has 2 atom stereocenters. The molecule has 142 valence electrons. The highest BCUT2D eigenvalue weighted by Gasteiger charge is 2.34. The van der Waals surface area contributed by atoms with E-state index in [0.717, 1.165) is 6.42 Å². The first kappa shape index (κ1) is 18.6. The molecule has 0 spiro atoms. The van der Waals surface area contributed by atoms with Crippen LogP contribution >= 0.6 is 0 Å². The normalized spacial score (nSPS) is 17.9. The predicted molar refractivity (Wildman–Crippen MR) is 99.0 cm³/mol. The molecule has 2 heterocycles. The quantitative estimate of drug-likeness (QED) is 0.783. The third-order valence-corrected chi connectivity index (χ3v) is 4.60. The molecule has 1 fully saturated rings. The summed E-state index contributed by atoms with van der Waals surface area (Å²) in [6.45, 7) is 2.16. The summed E-state index contributed by atoms with van der Waals surface area (Å²) in [5.74, 6) is 0.207. The lowest BCUT2D eigenvalue weighted by Gasteiger charge is -2.12. The van der Waals surface area contributed by atoms with Crippen LogP contribution < -0.4 is 20.9 Å². The molecule has 1 aliphatic carbocycles. The van der Waals surface area contributed by atoms with Gasteiger partial charge in [0.15, 0.2) is 0 Å². The molecule has 27 heavy (non-hydrogen) atoms. The summed E-state index contributed by atoms with van der Waals surface area (Å²) in [5.41, 5.74) is 0.259. The molecule has 0 aromatic carbocycles. The van der Waals surface area contributed by atoms with Gasteiger partial charge >= 0.3 is 0 Å². The Kier molecular flexibility index (Phi) is 5.25. The second kappa shape index (κ2) is 7.61. The third kappa shape index (κ3) is 4.16. The number of amides is 2. The number of hydrogen-bond acceptors (Lipinski definition) is 5. The Balaban J connectivity index is 1.97. The van der Waals surface area contributed by atoms with Gasteiger partial charge < -0.3 is 19.9 Å². The number of rotatable bonds is 6. The van der Waals surface area contributed by atoms with Crippen LogP contribution in [-0.2, 0) is 6.54 Å². The minimum absolute atomic E-state index is 0.0862. The van der Waals surface area contributed by atoms with Crippen molar-refractivity contribution >= 4 is 11.8 Å². The van der Waals surface area contributed by atoms with E-state index >= 15 is 0 Å². The molecule has 0 aliphatic heterocycles. The van der Waals surface area contributed by atoms with Gasteiger partial charge in [-0.15, -0.1) is 0 Å². The lowest BCUT2D eigenvalue weighted by molar-refractivity contribution is 0.0948. The summed E-state index contributed by atoms with van der Waals surface area (Å²) in [4.78, 5) is 41.6. The van der Waals surface area contributed by atoms with Crippen molar-refractivity contribution in [2.24, 2.45) is 5.92 Å². The van der Waals surface area contributed by atoms with E-state index in [4.69, 9.17) is 4.74 Å². The van der Waals surface area contributed by atoms with E-state index in [1.165, 1.54) is 23.9 Å². The molecule has 0 radical (unpaired) electrons. The van der Waals surface area contributed by atoms with Gasteiger partial charge in [-0.3, -0.25) is 19.4 Å². The first-order valence-corrected chi connectivity index (χ1v) is 8.69. The third-order valence-electron chi connectivity index (χ3n) is 4.60. The Morgan fingerprint density at radius 2 is 2.07 bits per heavy atom. The number of ether oxygens (including phenoxy) is 1. The largest absolute Gasteiger partial charge is 0.497 e. The zero-order chi connectivity index (χ0) is 19.6. The molecule has 8 heteroatoms. The van der Waals surface area contributed by atoms with Crippen LogP contribution in [0.2, 0.25) is 0 Å². The van der Waals surface area contributed by atoms with Crippen molar-refractivity contribution in [1.82, 2.24) is 20.2 Å². The predicted octanol–water partition coefficient (Wildman–Crippen LogP) is 0.798. The Morgan fingerprint density at radius 3 is 2.70 bits per heavy atom. The number of carbonyl (C=O) groups is 2. The maximum Gasteiger partial charge on any atom is 0.263 e. The highest BCUT2D eigenvalue weighted by molar-refractivity contribution is 5.99. The summed E-state index contributed by atoms with van der Waals surface area (Å²) in [7, 11) is 2.98. The number of hydrogen-bond donors (Lipinski definition) is 2. The number of nitrogens with one attached hydrogen (secondary N) is 2. The van der Waals surface area contributed by atoms with Gasteiger partial charge in [-0.2, -0.15) is 0 Å². The Morgan fingerprint density at radius 1 is 1.33 bits per heavy atom. The maximum atomic E-state index is 12.7. The van der Waals surface area contributed by atoms with Crippen molar-refractivity contribution < 1.29 is 14.3 Å². The van der Waals surface area contributed by atoms with E-state index in [1.54, 1.807) is 25.4 Å². The van der Waals surface area contributed by atoms with Crippen molar-refractivity contribution in [3.8, 4) is 5.75 Å². The molecule has 1 aliphatic rings. The summed E-state index contributed by atoms with van der Waals surface area (Å²) in [6, 6.07) is 4.87. The van der Waals surface area contributed by atoms with Gasteiger partial charge in [-0.1, -0.05) is 6.92 Å². The monoisotopic (exact) mass is 370 g/mol. The van der Waals surface area contributed by atoms with Crippen molar-refractivity contribution in [3.05, 3.63) is 57.8 Å². The Labute approximate surface area is 156 Å². The molecule has 1 saturated carbocycles. The lowest BCUT2D eigenvalue weighted by Crippen LogP contribution is -2.34. The zero-order valence-corrected chi connectivity index (χ0v) is 15.5. The molecular weight excluding hydrogens is 348 g/mol. The van der Waals surface area contributed by atoms with E-state index in [2.05, 4.69) is 22.5 Å². The first-order chi connectivity index (χ1) is 12.9. The number of carbonyl (C=O) groups excluding carboxylic acids is 2. The van der Waals surface area contributed by atoms with Crippen LogP contribution in [0, 0.1) is 5.92 Å². The minimum atomic E-state index is -0.540. The van der Waals surface area contributed by atoms with Crippen molar-refractivity contribution in [2.75, 3.05) is 14.2 Å². The number of nitrogens with zero attached hydrogens (tertiary/aromatic N) is 2. The van der Waals surface area contributed by atoms with Crippen LogP contribution in [0.5, 0.6) is 5.75 Å². The summed E-state index contributed by atoms with van der Waals surface area (Å²) < 4.78 is 6.49. The molecule has 8 nitrogen and oxygen atoms in total. The van der Waals surface area contributed by atoms with Gasteiger partial charge in [0.1, 0.15) is 11.3 Å². The molecule has 2 amide bonds. The van der Waals surface area contributed by atoms with Gasteiger partial charge in [-0.05, 0) is 24.5 Å². The van der Waals surface area contributed by atoms with E-state index in [1.807, 2.05) is 0 Å². The average Bonchev–Trinajstić information content (AvgIpc) is 3.37. The fourth-order valence-electron chi connectivity index (χ4n) is 2.79. The molecular formula is C19H22N4O4. The smallest absolute Gasteiger partial charge is 0.263 e. The van der Waals surface area contributed by atoms with Crippen LogP contribution in [0.3, 0.4) is 0 Å². The molecule has 0 unspecified atom stereocenters. The van der Waals surface area contributed by atoms with Crippen molar-refractivity contribution in [1.29, 1.82) is 0 Å². The molecule has 0 saturated heterocycles. The highest BCUT2D eigenvalue weighted by atomic mass is 16.5. The fraction of sp³-hybridized carbons (Fsp3) is 0.368. The second-order valence-corrected chi connectivity index (χ2v) is 6.63. The second-order valence-electron chi connectivity index (χ2n) is 6.63. The van der Waals surface area contributed by atoms with E-state index < -0.39 is 11.5 Å². The van der Waals surface area contributed by atoms with Crippen LogP contribution in [0.1, 0.15) is 39.8 Å². The minimum Gasteiger partial charge on any atom is -0.497 e. The van der Waals surface area contributed by atoms with Crippen molar-refractivity contribution in [2.45, 2.75) is 25.9 Å². The highest BCUT2D eigenvalue weighted by Crippen LogP contribution is 2.29. The summed E-state index contributed by atoms with van der Waals surface area (Å²) in [5, 5.41) is 5.35. The topological polar surface area (TPSA) is 102 Å². The molecule has 2 N–H and O–H groups in total. The summed E-state index contributed by atoms with van der Waals surface area (Å²) in [6.07, 6.45) is 3.96. The summed E-state index contributed by atoms with van der Waals surface area (Å²) >= 11 is 0. The standard InChI is InChI=1S/C19H22N4O4/c1-11-6-16(11)22-17(24)12-7-15(18(25)20-2)19(26)23(9-12)10-13-8-14(27-3)4-5-21-13/h4-5,7-9,11,16H,6,10H2,1-3H3,(H,20,25)(H,22,24)/t11-,16-/m0/s1. The van der Waals surface area contributed by atoms with Crippen LogP contribution in [0.15, 0.2) is 35.4 Å².